The van der Waals surface area contributed by atoms with Crippen LogP contribution in [0, 0.1) is 11.7 Å². The van der Waals surface area contributed by atoms with Crippen LogP contribution in [-0.4, -0.2) is 38.6 Å². The van der Waals surface area contributed by atoms with E-state index in [-0.39, 0.29) is 11.8 Å². The zero-order valence-electron chi connectivity index (χ0n) is 16.8. The molecular formula is C24H28FNO2. The van der Waals surface area contributed by atoms with Gasteiger partial charge >= 0.3 is 5.97 Å². The highest BCUT2D eigenvalue weighted by Gasteiger charge is 2.29. The van der Waals surface area contributed by atoms with Crippen molar-refractivity contribution in [1.29, 1.82) is 0 Å². The molecule has 0 bridgehead atoms. The van der Waals surface area contributed by atoms with E-state index in [1.807, 2.05) is 24.3 Å². The molecule has 1 aliphatic carbocycles. The maximum atomic E-state index is 13.8. The highest BCUT2D eigenvalue weighted by Crippen LogP contribution is 2.41. The van der Waals surface area contributed by atoms with Crippen LogP contribution in [0.2, 0.25) is 0 Å². The lowest BCUT2D eigenvalue weighted by atomic mass is 9.73. The van der Waals surface area contributed by atoms with Gasteiger partial charge in [0.1, 0.15) is 5.82 Å². The molecule has 0 aliphatic heterocycles. The number of ether oxygens (including phenoxy) is 1. The van der Waals surface area contributed by atoms with E-state index in [0.717, 1.165) is 36.9 Å². The predicted molar refractivity (Wildman–Crippen MR) is 111 cm³/mol. The van der Waals surface area contributed by atoms with E-state index in [1.54, 1.807) is 18.2 Å². The average molecular weight is 381 g/mol. The van der Waals surface area contributed by atoms with E-state index in [4.69, 9.17) is 4.74 Å². The van der Waals surface area contributed by atoms with Crippen LogP contribution in [0.4, 0.5) is 4.39 Å². The van der Waals surface area contributed by atoms with E-state index in [9.17, 15) is 9.18 Å². The Kier molecular flexibility index (Phi) is 6.63. The van der Waals surface area contributed by atoms with Gasteiger partial charge in [-0.25, -0.2) is 9.18 Å². The minimum atomic E-state index is -0.326. The molecule has 0 saturated heterocycles. The topological polar surface area (TPSA) is 29.5 Å². The number of carbonyl (C=O) groups excluding carboxylic acids is 1. The van der Waals surface area contributed by atoms with Crippen LogP contribution in [0.15, 0.2) is 54.1 Å². The Morgan fingerprint density at radius 1 is 1.21 bits per heavy atom. The number of benzene rings is 2. The first-order chi connectivity index (χ1) is 13.5. The van der Waals surface area contributed by atoms with Crippen molar-refractivity contribution in [2.45, 2.75) is 25.2 Å². The fourth-order valence-electron chi connectivity index (χ4n) is 4.18. The van der Waals surface area contributed by atoms with Crippen LogP contribution < -0.4 is 0 Å². The Morgan fingerprint density at radius 2 is 2.00 bits per heavy atom. The number of methoxy groups -OCH3 is 1. The molecule has 148 valence electrons. The number of allylic oxidation sites excluding steroid dienone is 1. The van der Waals surface area contributed by atoms with Crippen molar-refractivity contribution < 1.29 is 13.9 Å². The summed E-state index contributed by atoms with van der Waals surface area (Å²) in [6.45, 7) is 0.992. The second kappa shape index (κ2) is 9.16. The van der Waals surface area contributed by atoms with Crippen molar-refractivity contribution in [2.75, 3.05) is 27.7 Å². The summed E-state index contributed by atoms with van der Waals surface area (Å²) in [4.78, 5) is 14.0. The summed E-state index contributed by atoms with van der Waals surface area (Å²) in [5.74, 6) is 0.285. The first-order valence-corrected chi connectivity index (χ1v) is 9.74. The van der Waals surface area contributed by atoms with Gasteiger partial charge in [-0.05, 0) is 80.6 Å². The molecule has 1 aliphatic rings. The monoisotopic (exact) mass is 381 g/mol. The molecule has 0 heterocycles. The van der Waals surface area contributed by atoms with Gasteiger partial charge in [-0.15, -0.1) is 0 Å². The van der Waals surface area contributed by atoms with Crippen molar-refractivity contribution >= 4 is 12.0 Å². The normalized spacial score (nSPS) is 21.1. The number of hydrogen-bond acceptors (Lipinski definition) is 3. The molecule has 0 spiro atoms. The highest BCUT2D eigenvalue weighted by atomic mass is 19.1. The molecule has 2 aromatic rings. The summed E-state index contributed by atoms with van der Waals surface area (Å²) in [6.07, 6.45) is 5.17. The third kappa shape index (κ3) is 5.08. The van der Waals surface area contributed by atoms with Crippen LogP contribution >= 0.6 is 0 Å². The summed E-state index contributed by atoms with van der Waals surface area (Å²) < 4.78 is 18.7. The average Bonchev–Trinajstić information content (AvgIpc) is 2.68. The Morgan fingerprint density at radius 3 is 2.71 bits per heavy atom. The summed E-state index contributed by atoms with van der Waals surface area (Å²) in [5.41, 5.74) is 3.97. The van der Waals surface area contributed by atoms with Crippen LogP contribution in [0.25, 0.3) is 6.08 Å². The molecule has 1 saturated carbocycles. The largest absolute Gasteiger partial charge is 0.465 e. The fourth-order valence-corrected chi connectivity index (χ4v) is 4.18. The number of nitrogens with zero attached hydrogens (tertiary/aromatic N) is 1. The summed E-state index contributed by atoms with van der Waals surface area (Å²) in [5, 5.41) is 0. The summed E-state index contributed by atoms with van der Waals surface area (Å²) >= 11 is 0. The Balaban J connectivity index is 1.86. The standard InChI is InChI=1S/C24H28FNO2/c1-26(2)16-21-11-10-18(14-23(21)19-7-5-9-22(25)15-19)12-17-6-4-8-20(13-17)24(27)28-3/h4-9,12-13,15,21,23H,10-11,14,16H2,1-3H3/b18-12-/t21-,23-/m0/s1. The molecule has 0 unspecified atom stereocenters. The second-order valence-corrected chi connectivity index (χ2v) is 7.85. The van der Waals surface area contributed by atoms with Crippen LogP contribution in [-0.2, 0) is 4.74 Å². The van der Waals surface area contributed by atoms with Gasteiger partial charge in [0.2, 0.25) is 0 Å². The fraction of sp³-hybridized carbons (Fsp3) is 0.375. The molecule has 2 atom stereocenters. The number of carbonyl (C=O) groups is 1. The van der Waals surface area contributed by atoms with E-state index in [1.165, 1.54) is 18.7 Å². The van der Waals surface area contributed by atoms with Crippen molar-refractivity contribution in [3.05, 3.63) is 76.6 Å². The molecule has 1 fully saturated rings. The molecule has 0 aromatic heterocycles. The number of halogens is 1. The minimum absolute atomic E-state index is 0.178. The lowest BCUT2D eigenvalue weighted by molar-refractivity contribution is 0.0600. The van der Waals surface area contributed by atoms with Gasteiger partial charge in [0, 0.05) is 6.54 Å². The quantitative estimate of drug-likeness (QED) is 0.672. The Hall–Kier alpha value is -2.46. The lowest BCUT2D eigenvalue weighted by Crippen LogP contribution is -2.29. The maximum absolute atomic E-state index is 13.8. The van der Waals surface area contributed by atoms with Gasteiger partial charge in [-0.3, -0.25) is 0 Å². The number of esters is 1. The van der Waals surface area contributed by atoms with Gasteiger partial charge in [-0.2, -0.15) is 0 Å². The zero-order valence-corrected chi connectivity index (χ0v) is 16.8. The van der Waals surface area contributed by atoms with Gasteiger partial charge in [-0.1, -0.05) is 35.9 Å². The van der Waals surface area contributed by atoms with Gasteiger partial charge in [0.05, 0.1) is 12.7 Å². The molecular weight excluding hydrogens is 353 g/mol. The first kappa shape index (κ1) is 20.3. The molecule has 2 aromatic carbocycles. The predicted octanol–water partition coefficient (Wildman–Crippen LogP) is 5.14. The summed E-state index contributed by atoms with van der Waals surface area (Å²) in [6, 6.07) is 14.5. The third-order valence-corrected chi connectivity index (χ3v) is 5.44. The van der Waals surface area contributed by atoms with Crippen molar-refractivity contribution in [1.82, 2.24) is 4.90 Å². The number of hydrogen-bond donors (Lipinski definition) is 0. The lowest BCUT2D eigenvalue weighted by Gasteiger charge is -2.35. The number of rotatable bonds is 5. The third-order valence-electron chi connectivity index (χ3n) is 5.44. The molecule has 0 radical (unpaired) electrons. The summed E-state index contributed by atoms with van der Waals surface area (Å²) in [7, 11) is 5.57. The molecule has 0 N–H and O–H groups in total. The van der Waals surface area contributed by atoms with E-state index >= 15 is 0 Å². The van der Waals surface area contributed by atoms with Crippen LogP contribution in [0.3, 0.4) is 0 Å². The smallest absolute Gasteiger partial charge is 0.337 e. The van der Waals surface area contributed by atoms with Crippen LogP contribution in [0.1, 0.15) is 46.7 Å². The van der Waals surface area contributed by atoms with E-state index < -0.39 is 0 Å². The molecule has 3 nitrogen and oxygen atoms in total. The minimum Gasteiger partial charge on any atom is -0.465 e. The highest BCUT2D eigenvalue weighted by molar-refractivity contribution is 5.90. The SMILES string of the molecule is COC(=O)c1cccc(/C=C2/CC[C@@H](CN(C)C)[C@H](c3cccc(F)c3)C2)c1. The second-order valence-electron chi connectivity index (χ2n) is 7.85. The first-order valence-electron chi connectivity index (χ1n) is 9.74. The van der Waals surface area contributed by atoms with Crippen molar-refractivity contribution in [3.63, 3.8) is 0 Å². The van der Waals surface area contributed by atoms with E-state index in [2.05, 4.69) is 25.1 Å². The van der Waals surface area contributed by atoms with E-state index in [0.29, 0.717) is 17.4 Å². The van der Waals surface area contributed by atoms with Crippen LogP contribution in [0.5, 0.6) is 0 Å². The van der Waals surface area contributed by atoms with Crippen molar-refractivity contribution in [2.24, 2.45) is 5.92 Å². The molecule has 0 amide bonds. The van der Waals surface area contributed by atoms with Gasteiger partial charge in [0.25, 0.3) is 0 Å². The molecule has 3 rings (SSSR count). The Bertz CT molecular complexity index is 859. The Labute approximate surface area is 166 Å². The van der Waals surface area contributed by atoms with Gasteiger partial charge in [0.15, 0.2) is 0 Å². The molecule has 28 heavy (non-hydrogen) atoms. The van der Waals surface area contributed by atoms with Gasteiger partial charge < -0.3 is 9.64 Å². The molecule has 4 heteroatoms. The van der Waals surface area contributed by atoms with Crippen molar-refractivity contribution in [3.8, 4) is 0 Å². The maximum Gasteiger partial charge on any atom is 0.337 e. The zero-order chi connectivity index (χ0) is 20.1.